The molecule has 0 amide bonds. The molecular weight excluding hydrogens is 211 g/mol. The van der Waals surface area contributed by atoms with Crippen molar-refractivity contribution in [2.45, 2.75) is 26.3 Å². The largest absolute Gasteiger partial charge is 3.00 e. The van der Waals surface area contributed by atoms with E-state index in [0.29, 0.717) is 0 Å². The summed E-state index contributed by atoms with van der Waals surface area (Å²) in [5.74, 6) is 0. The summed E-state index contributed by atoms with van der Waals surface area (Å²) < 4.78 is 0. The Hall–Kier alpha value is 1.06. The first-order valence-corrected chi connectivity index (χ1v) is 3.36. The second-order valence-corrected chi connectivity index (χ2v) is 3.16. The molecule has 0 aromatic rings. The van der Waals surface area contributed by atoms with Gasteiger partial charge in [0.15, 0.2) is 0 Å². The molecule has 0 aliphatic rings. The van der Waals surface area contributed by atoms with Crippen molar-refractivity contribution in [3.63, 3.8) is 0 Å². The number of hydrogen-bond donors (Lipinski definition) is 0. The first-order chi connectivity index (χ1) is 4.02. The van der Waals surface area contributed by atoms with Crippen LogP contribution in [-0.2, 0) is 32.7 Å². The second-order valence-electron chi connectivity index (χ2n) is 3.16. The van der Waals surface area contributed by atoms with Gasteiger partial charge in [-0.1, -0.05) is 0 Å². The maximum atomic E-state index is 3.81. The molecule has 0 aromatic carbocycles. The Kier molecular flexibility index (Phi) is 12.6. The Bertz CT molecular complexity index is 72.1. The van der Waals surface area contributed by atoms with Gasteiger partial charge in [-0.25, -0.2) is 0 Å². The molecule has 0 aliphatic heterocycles. The van der Waals surface area contributed by atoms with E-state index in [1.54, 1.807) is 0 Å². The minimum atomic E-state index is 0. The Morgan fingerprint density at radius 3 is 1.36 bits per heavy atom. The van der Waals surface area contributed by atoms with Crippen molar-refractivity contribution in [1.82, 2.24) is 4.90 Å². The number of rotatable bonds is 2. The molecule has 1 nitrogen and oxygen atoms in total. The summed E-state index contributed by atoms with van der Waals surface area (Å²) >= 11 is 0. The van der Waals surface area contributed by atoms with Crippen LogP contribution in [0.1, 0.15) is 20.8 Å². The summed E-state index contributed by atoms with van der Waals surface area (Å²) in [6.07, 6.45) is 0. The molecule has 0 saturated heterocycles. The van der Waals surface area contributed by atoms with Crippen LogP contribution in [0.25, 0.3) is 0 Å². The van der Waals surface area contributed by atoms with Crippen LogP contribution >= 0.6 is 0 Å². The van der Waals surface area contributed by atoms with E-state index in [1.165, 1.54) is 0 Å². The van der Waals surface area contributed by atoms with Gasteiger partial charge in [-0.3, -0.25) is 0 Å². The zero-order chi connectivity index (χ0) is 7.49. The summed E-state index contributed by atoms with van der Waals surface area (Å²) in [4.78, 5) is 2.22. The molecule has 0 saturated carbocycles. The SMILES string of the molecule is [CH2-]CN(C[CH2-])C(C)(C)C.[CH3-].[Y+3]. The Balaban J connectivity index is -0.000000320. The summed E-state index contributed by atoms with van der Waals surface area (Å²) in [6, 6.07) is 0. The van der Waals surface area contributed by atoms with E-state index >= 15 is 0 Å². The van der Waals surface area contributed by atoms with Gasteiger partial charge in [-0.05, 0) is 20.8 Å². The fraction of sp³-hybridized carbons (Fsp3) is 0.667. The van der Waals surface area contributed by atoms with Crippen molar-refractivity contribution in [2.75, 3.05) is 13.1 Å². The van der Waals surface area contributed by atoms with Gasteiger partial charge in [-0.15, -0.1) is 13.1 Å². The maximum absolute atomic E-state index is 3.81. The first kappa shape index (κ1) is 18.0. The molecule has 64 valence electrons. The van der Waals surface area contributed by atoms with E-state index in [1.807, 2.05) is 0 Å². The van der Waals surface area contributed by atoms with Gasteiger partial charge >= 0.3 is 32.7 Å². The zero-order valence-electron chi connectivity index (χ0n) is 8.35. The van der Waals surface area contributed by atoms with Gasteiger partial charge in [0.05, 0.1) is 0 Å². The predicted molar refractivity (Wildman–Crippen MR) is 48.5 cm³/mol. The molecule has 0 bridgehead atoms. The molecule has 0 fully saturated rings. The van der Waals surface area contributed by atoms with E-state index in [9.17, 15) is 0 Å². The van der Waals surface area contributed by atoms with Gasteiger partial charge in [0.1, 0.15) is 0 Å². The van der Waals surface area contributed by atoms with Crippen LogP contribution in [0.2, 0.25) is 0 Å². The van der Waals surface area contributed by atoms with Crippen LogP contribution in [0, 0.1) is 21.3 Å². The quantitative estimate of drug-likeness (QED) is 0.658. The Morgan fingerprint density at radius 1 is 1.09 bits per heavy atom. The third kappa shape index (κ3) is 7.43. The van der Waals surface area contributed by atoms with Crippen molar-refractivity contribution in [3.8, 4) is 0 Å². The third-order valence-electron chi connectivity index (χ3n) is 1.49. The molecule has 2 heteroatoms. The molecule has 0 N–H and O–H groups in total. The third-order valence-corrected chi connectivity index (χ3v) is 1.49. The summed E-state index contributed by atoms with van der Waals surface area (Å²) in [6.45, 7) is 15.8. The average molecular weight is 231 g/mol. The van der Waals surface area contributed by atoms with Gasteiger partial charge in [-0.2, -0.15) is 0 Å². The van der Waals surface area contributed by atoms with Crippen LogP contribution in [0.15, 0.2) is 0 Å². The van der Waals surface area contributed by atoms with E-state index in [2.05, 4.69) is 39.5 Å². The van der Waals surface area contributed by atoms with Gasteiger partial charge in [0, 0.05) is 5.54 Å². The standard InChI is InChI=1S/C8H17N.CH3.Y/c1-6-9(7-2)8(3,4)5;;/h1-2,6-7H2,3-5H3;1H3;/q-2;-1;+3. The van der Waals surface area contributed by atoms with Crippen LogP contribution in [0.5, 0.6) is 0 Å². The summed E-state index contributed by atoms with van der Waals surface area (Å²) in [7, 11) is 0. The fourth-order valence-corrected chi connectivity index (χ4v) is 0.783. The van der Waals surface area contributed by atoms with Gasteiger partial charge < -0.3 is 26.2 Å². The van der Waals surface area contributed by atoms with Gasteiger partial charge in [0.2, 0.25) is 0 Å². The monoisotopic (exact) mass is 231 g/mol. The minimum Gasteiger partial charge on any atom is -0.358 e. The molecule has 0 aliphatic carbocycles. The topological polar surface area (TPSA) is 3.24 Å². The predicted octanol–water partition coefficient (Wildman–Crippen LogP) is 2.20. The molecule has 0 spiro atoms. The second kappa shape index (κ2) is 7.70. The first-order valence-electron chi connectivity index (χ1n) is 3.36. The molecule has 0 aromatic heterocycles. The van der Waals surface area contributed by atoms with Crippen LogP contribution in [0.4, 0.5) is 0 Å². The molecule has 0 rings (SSSR count). The van der Waals surface area contributed by atoms with Crippen molar-refractivity contribution in [1.29, 1.82) is 0 Å². The van der Waals surface area contributed by atoms with Gasteiger partial charge in [0.25, 0.3) is 0 Å². The molecule has 0 radical (unpaired) electrons. The maximum Gasteiger partial charge on any atom is 3.00 e. The summed E-state index contributed by atoms with van der Waals surface area (Å²) in [5.41, 5.74) is 0.226. The van der Waals surface area contributed by atoms with Crippen LogP contribution in [0.3, 0.4) is 0 Å². The van der Waals surface area contributed by atoms with Crippen molar-refractivity contribution < 1.29 is 32.7 Å². The smallest absolute Gasteiger partial charge is 0.358 e. The van der Waals surface area contributed by atoms with Crippen molar-refractivity contribution >= 4 is 0 Å². The normalized spacial score (nSPS) is 10.4. The fourth-order valence-electron chi connectivity index (χ4n) is 0.783. The Labute approximate surface area is 97.8 Å². The molecular formula is C9H20NY. The van der Waals surface area contributed by atoms with Crippen molar-refractivity contribution in [2.24, 2.45) is 0 Å². The molecule has 0 heterocycles. The van der Waals surface area contributed by atoms with Crippen LogP contribution < -0.4 is 0 Å². The Morgan fingerprint density at radius 2 is 1.36 bits per heavy atom. The van der Waals surface area contributed by atoms with E-state index in [4.69, 9.17) is 0 Å². The molecule has 0 unspecified atom stereocenters. The molecule has 0 atom stereocenters. The minimum absolute atomic E-state index is 0. The average Bonchev–Trinajstić information content (AvgIpc) is 1.65. The molecule has 11 heavy (non-hydrogen) atoms. The zero-order valence-corrected chi connectivity index (χ0v) is 11.2. The number of nitrogens with zero attached hydrogens (tertiary/aromatic N) is 1. The summed E-state index contributed by atoms with van der Waals surface area (Å²) in [5, 5.41) is 0. The van der Waals surface area contributed by atoms with E-state index in [0.717, 1.165) is 13.1 Å². The van der Waals surface area contributed by atoms with Crippen LogP contribution in [-0.4, -0.2) is 23.5 Å². The number of hydrogen-bond acceptors (Lipinski definition) is 1. The van der Waals surface area contributed by atoms with E-state index < -0.39 is 0 Å². The van der Waals surface area contributed by atoms with E-state index in [-0.39, 0.29) is 45.7 Å². The van der Waals surface area contributed by atoms with Crippen molar-refractivity contribution in [3.05, 3.63) is 21.3 Å².